The van der Waals surface area contributed by atoms with E-state index in [2.05, 4.69) is 26.0 Å². The molecule has 0 aliphatic rings. The number of carbonyl (C=O) groups excluding carboxylic acids is 2. The van der Waals surface area contributed by atoms with Gasteiger partial charge in [0.05, 0.1) is 11.6 Å². The number of halogens is 2. The molecule has 0 spiro atoms. The quantitative estimate of drug-likeness (QED) is 0.627. The number of esters is 1. The summed E-state index contributed by atoms with van der Waals surface area (Å²) in [5.74, 6) is -2.50. The van der Waals surface area contributed by atoms with Gasteiger partial charge in [-0.1, -0.05) is 0 Å². The van der Waals surface area contributed by atoms with Crippen molar-refractivity contribution in [2.24, 2.45) is 0 Å². The number of rotatable bonds is 1. The van der Waals surface area contributed by atoms with Gasteiger partial charge in [0.15, 0.2) is 0 Å². The van der Waals surface area contributed by atoms with Crippen LogP contribution < -0.4 is 5.32 Å². The van der Waals surface area contributed by atoms with E-state index in [4.69, 9.17) is 0 Å². The van der Waals surface area contributed by atoms with Crippen molar-refractivity contribution < 1.29 is 18.7 Å². The number of ether oxygens (including phenoxy) is 1. The molecule has 0 unspecified atom stereocenters. The Morgan fingerprint density at radius 3 is 2.67 bits per heavy atom. The van der Waals surface area contributed by atoms with Crippen LogP contribution in [0.2, 0.25) is 0 Å². The molecule has 0 radical (unpaired) electrons. The van der Waals surface area contributed by atoms with Gasteiger partial charge in [-0.05, 0) is 34.1 Å². The molecule has 6 heteroatoms. The molecule has 1 rings (SSSR count). The van der Waals surface area contributed by atoms with Crippen molar-refractivity contribution in [1.29, 1.82) is 0 Å². The summed E-state index contributed by atoms with van der Waals surface area (Å²) in [4.78, 5) is 21.8. The Kier molecular flexibility index (Phi) is 3.79. The predicted molar refractivity (Wildman–Crippen MR) is 54.7 cm³/mol. The SMILES string of the molecule is COC(=O)C(=O)Nc1ccc(Br)c(F)c1. The number of amides is 1. The zero-order chi connectivity index (χ0) is 11.4. The summed E-state index contributed by atoms with van der Waals surface area (Å²) >= 11 is 2.96. The predicted octanol–water partition coefficient (Wildman–Crippen LogP) is 1.70. The van der Waals surface area contributed by atoms with Crippen molar-refractivity contribution in [1.82, 2.24) is 0 Å². The number of carbonyl (C=O) groups is 2. The van der Waals surface area contributed by atoms with Crippen molar-refractivity contribution >= 4 is 33.5 Å². The van der Waals surface area contributed by atoms with E-state index in [1.165, 1.54) is 12.1 Å². The third-order valence-electron chi connectivity index (χ3n) is 1.55. The summed E-state index contributed by atoms with van der Waals surface area (Å²) in [6.07, 6.45) is 0. The van der Waals surface area contributed by atoms with Gasteiger partial charge in [0.2, 0.25) is 0 Å². The van der Waals surface area contributed by atoms with E-state index in [1.54, 1.807) is 0 Å². The second kappa shape index (κ2) is 4.88. The standard InChI is InChI=1S/C9H7BrFNO3/c1-15-9(14)8(13)12-5-2-3-6(10)7(11)4-5/h2-4H,1H3,(H,12,13). The van der Waals surface area contributed by atoms with Gasteiger partial charge >= 0.3 is 11.9 Å². The Labute approximate surface area is 93.5 Å². The van der Waals surface area contributed by atoms with Crippen LogP contribution >= 0.6 is 15.9 Å². The molecule has 15 heavy (non-hydrogen) atoms. The first-order valence-corrected chi connectivity index (χ1v) is 4.68. The maximum Gasteiger partial charge on any atom is 0.396 e. The molecule has 0 atom stereocenters. The van der Waals surface area contributed by atoms with Gasteiger partial charge in [-0.2, -0.15) is 0 Å². The maximum absolute atomic E-state index is 13.0. The third kappa shape index (κ3) is 3.02. The van der Waals surface area contributed by atoms with Crippen molar-refractivity contribution in [2.75, 3.05) is 12.4 Å². The summed E-state index contributed by atoms with van der Waals surface area (Å²) < 4.78 is 17.5. The molecule has 0 heterocycles. The molecule has 1 aromatic carbocycles. The first-order valence-electron chi connectivity index (χ1n) is 3.89. The molecule has 1 aromatic rings. The zero-order valence-electron chi connectivity index (χ0n) is 7.71. The molecule has 0 bridgehead atoms. The van der Waals surface area contributed by atoms with Crippen LogP contribution in [-0.2, 0) is 14.3 Å². The summed E-state index contributed by atoms with van der Waals surface area (Å²) in [5.41, 5.74) is 0.186. The van der Waals surface area contributed by atoms with Gasteiger partial charge in [-0.3, -0.25) is 4.79 Å². The number of nitrogens with one attached hydrogen (secondary N) is 1. The molecular formula is C9H7BrFNO3. The van der Waals surface area contributed by atoms with Crippen molar-refractivity contribution in [3.8, 4) is 0 Å². The van der Waals surface area contributed by atoms with Crippen LogP contribution in [-0.4, -0.2) is 19.0 Å². The highest BCUT2D eigenvalue weighted by atomic mass is 79.9. The van der Waals surface area contributed by atoms with E-state index in [9.17, 15) is 14.0 Å². The van der Waals surface area contributed by atoms with Crippen LogP contribution in [0.15, 0.2) is 22.7 Å². The van der Waals surface area contributed by atoms with E-state index in [0.717, 1.165) is 13.2 Å². The van der Waals surface area contributed by atoms with E-state index in [-0.39, 0.29) is 10.2 Å². The monoisotopic (exact) mass is 275 g/mol. The third-order valence-corrected chi connectivity index (χ3v) is 2.19. The van der Waals surface area contributed by atoms with Crippen LogP contribution in [0.5, 0.6) is 0 Å². The minimum atomic E-state index is -1.03. The first-order chi connectivity index (χ1) is 7.04. The molecule has 0 fully saturated rings. The minimum Gasteiger partial charge on any atom is -0.462 e. The molecule has 4 nitrogen and oxygen atoms in total. The van der Waals surface area contributed by atoms with Crippen molar-refractivity contribution in [3.05, 3.63) is 28.5 Å². The Morgan fingerprint density at radius 2 is 2.13 bits per heavy atom. The fourth-order valence-electron chi connectivity index (χ4n) is 0.849. The smallest absolute Gasteiger partial charge is 0.396 e. The fraction of sp³-hybridized carbons (Fsp3) is 0.111. The molecule has 0 aliphatic heterocycles. The van der Waals surface area contributed by atoms with Gasteiger partial charge in [0.25, 0.3) is 0 Å². The molecule has 1 amide bonds. The van der Waals surface area contributed by atoms with E-state index in [1.807, 2.05) is 0 Å². The molecule has 0 saturated heterocycles. The Bertz CT molecular complexity index is 408. The number of anilines is 1. The molecular weight excluding hydrogens is 269 g/mol. The summed E-state index contributed by atoms with van der Waals surface area (Å²) in [6.45, 7) is 0. The molecule has 0 aliphatic carbocycles. The number of methoxy groups -OCH3 is 1. The fourth-order valence-corrected chi connectivity index (χ4v) is 1.10. The normalized spacial score (nSPS) is 9.53. The van der Waals surface area contributed by atoms with Crippen molar-refractivity contribution in [3.63, 3.8) is 0 Å². The average Bonchev–Trinajstić information content (AvgIpc) is 2.22. The molecule has 0 saturated carbocycles. The number of hydrogen-bond acceptors (Lipinski definition) is 3. The highest BCUT2D eigenvalue weighted by Gasteiger charge is 2.14. The van der Waals surface area contributed by atoms with Crippen LogP contribution in [0.1, 0.15) is 0 Å². The first kappa shape index (κ1) is 11.6. The summed E-state index contributed by atoms with van der Waals surface area (Å²) in [5, 5.41) is 2.19. The van der Waals surface area contributed by atoms with Crippen LogP contribution in [0.4, 0.5) is 10.1 Å². The van der Waals surface area contributed by atoms with Gasteiger partial charge in [-0.25, -0.2) is 9.18 Å². The topological polar surface area (TPSA) is 55.4 Å². The Balaban J connectivity index is 2.77. The Hall–Kier alpha value is -1.43. The molecule has 1 N–H and O–H groups in total. The maximum atomic E-state index is 13.0. The average molecular weight is 276 g/mol. The van der Waals surface area contributed by atoms with Gasteiger partial charge in [-0.15, -0.1) is 0 Å². The lowest BCUT2D eigenvalue weighted by Crippen LogP contribution is -2.23. The second-order valence-corrected chi connectivity index (χ2v) is 3.43. The minimum absolute atomic E-state index is 0.186. The molecule has 80 valence electrons. The van der Waals surface area contributed by atoms with Crippen LogP contribution in [0, 0.1) is 5.82 Å². The van der Waals surface area contributed by atoms with Crippen LogP contribution in [0.3, 0.4) is 0 Å². The number of hydrogen-bond donors (Lipinski definition) is 1. The zero-order valence-corrected chi connectivity index (χ0v) is 9.30. The largest absolute Gasteiger partial charge is 0.462 e. The lowest BCUT2D eigenvalue weighted by Gasteiger charge is -2.03. The lowest BCUT2D eigenvalue weighted by atomic mass is 10.3. The molecule has 0 aromatic heterocycles. The van der Waals surface area contributed by atoms with Gasteiger partial charge in [0, 0.05) is 5.69 Å². The highest BCUT2D eigenvalue weighted by Crippen LogP contribution is 2.19. The van der Waals surface area contributed by atoms with Crippen molar-refractivity contribution in [2.45, 2.75) is 0 Å². The second-order valence-electron chi connectivity index (χ2n) is 2.57. The Morgan fingerprint density at radius 1 is 1.47 bits per heavy atom. The lowest BCUT2D eigenvalue weighted by molar-refractivity contribution is -0.150. The van der Waals surface area contributed by atoms with Gasteiger partial charge < -0.3 is 10.1 Å². The number of benzene rings is 1. The van der Waals surface area contributed by atoms with E-state index in [0.29, 0.717) is 0 Å². The summed E-state index contributed by atoms with van der Waals surface area (Å²) in [7, 11) is 1.09. The highest BCUT2D eigenvalue weighted by molar-refractivity contribution is 9.10. The van der Waals surface area contributed by atoms with Gasteiger partial charge in [0.1, 0.15) is 5.82 Å². The van der Waals surface area contributed by atoms with E-state index >= 15 is 0 Å². The summed E-state index contributed by atoms with van der Waals surface area (Å²) in [6, 6.07) is 3.96. The van der Waals surface area contributed by atoms with E-state index < -0.39 is 17.7 Å². The van der Waals surface area contributed by atoms with Crippen LogP contribution in [0.25, 0.3) is 0 Å².